The van der Waals surface area contributed by atoms with Crippen molar-refractivity contribution in [2.75, 3.05) is 6.61 Å². The van der Waals surface area contributed by atoms with Crippen LogP contribution < -0.4 is 0 Å². The van der Waals surface area contributed by atoms with Crippen molar-refractivity contribution in [1.29, 1.82) is 0 Å². The molecule has 9 heavy (non-hydrogen) atoms. The van der Waals surface area contributed by atoms with Gasteiger partial charge < -0.3 is 0 Å². The van der Waals surface area contributed by atoms with Crippen LogP contribution in [0.15, 0.2) is 0 Å². The molecule has 2 heteroatoms. The van der Waals surface area contributed by atoms with Crippen LogP contribution in [0.1, 0.15) is 12.8 Å². The first kappa shape index (κ1) is 7.61. The number of ether oxygens (including phenoxy) is 1. The molecule has 1 heterocycles. The van der Waals surface area contributed by atoms with Crippen LogP contribution in [0.4, 0.5) is 0 Å². The van der Waals surface area contributed by atoms with Gasteiger partial charge in [-0.3, -0.25) is 0 Å². The summed E-state index contributed by atoms with van der Waals surface area (Å²) in [7, 11) is 0. The molecule has 1 nitrogen and oxygen atoms in total. The normalized spacial score (nSPS) is 29.0. The number of rotatable bonds is 1. The zero-order valence-electron chi connectivity index (χ0n) is 6.61. The Morgan fingerprint density at radius 1 is 1.33 bits per heavy atom. The van der Waals surface area contributed by atoms with Gasteiger partial charge in [0.05, 0.1) is 0 Å². The van der Waals surface area contributed by atoms with Gasteiger partial charge in [0.1, 0.15) is 0 Å². The Bertz CT molecular complexity index is 89.6. The average molecular weight is 189 g/mol. The van der Waals surface area contributed by atoms with E-state index in [2.05, 4.69) is 17.3 Å². The van der Waals surface area contributed by atoms with Crippen molar-refractivity contribution >= 4 is 13.3 Å². The minimum absolute atomic E-state index is 0.699. The van der Waals surface area contributed by atoms with Crippen LogP contribution in [-0.4, -0.2) is 24.8 Å². The quantitative estimate of drug-likeness (QED) is 0.573. The van der Waals surface area contributed by atoms with E-state index in [-0.39, 0.29) is 0 Å². The van der Waals surface area contributed by atoms with Crippen LogP contribution in [0.25, 0.3) is 0 Å². The molecule has 1 saturated heterocycles. The molecule has 54 valence electrons. The van der Waals surface area contributed by atoms with Crippen LogP contribution in [0.5, 0.6) is 0 Å². The molecule has 0 N–H and O–H groups in total. The maximum absolute atomic E-state index is 5.60. The van der Waals surface area contributed by atoms with Gasteiger partial charge in [0.2, 0.25) is 0 Å². The van der Waals surface area contributed by atoms with Crippen molar-refractivity contribution in [1.82, 2.24) is 0 Å². The first-order valence-corrected chi connectivity index (χ1v) is 11.2. The topological polar surface area (TPSA) is 9.23 Å². The Balaban J connectivity index is 2.42. The van der Waals surface area contributed by atoms with E-state index in [1.807, 2.05) is 0 Å². The summed E-state index contributed by atoms with van der Waals surface area (Å²) in [5, 5.41) is 0. The van der Waals surface area contributed by atoms with Crippen molar-refractivity contribution in [2.45, 2.75) is 35.0 Å². The molecule has 1 aliphatic heterocycles. The second kappa shape index (κ2) is 2.63. The van der Waals surface area contributed by atoms with Gasteiger partial charge in [-0.2, -0.15) is 0 Å². The fraction of sp³-hybridized carbons (Fsp3) is 1.00. The van der Waals surface area contributed by atoms with Crippen LogP contribution in [0, 0.1) is 0 Å². The van der Waals surface area contributed by atoms with Crippen LogP contribution in [-0.2, 0) is 4.74 Å². The molecule has 1 atom stereocenters. The molecule has 0 bridgehead atoms. The molecule has 0 aromatic carbocycles. The van der Waals surface area contributed by atoms with Crippen molar-refractivity contribution in [3.63, 3.8) is 0 Å². The zero-order valence-corrected chi connectivity index (χ0v) is 8.70. The van der Waals surface area contributed by atoms with Gasteiger partial charge in [0, 0.05) is 0 Å². The molecule has 1 unspecified atom stereocenters. The van der Waals surface area contributed by atoms with Crippen molar-refractivity contribution < 1.29 is 4.74 Å². The summed E-state index contributed by atoms with van der Waals surface area (Å²) in [4.78, 5) is 0.699. The predicted octanol–water partition coefficient (Wildman–Crippen LogP) is 2.04. The van der Waals surface area contributed by atoms with Crippen molar-refractivity contribution in [3.8, 4) is 0 Å². The summed E-state index contributed by atoms with van der Waals surface area (Å²) in [5.74, 6) is 7.28. The molecule has 0 amide bonds. The van der Waals surface area contributed by atoms with E-state index in [9.17, 15) is 0 Å². The molecule has 0 aromatic rings. The molecule has 0 aromatic heterocycles. The fourth-order valence-corrected chi connectivity index (χ4v) is 4.80. The molecule has 0 radical (unpaired) electrons. The first-order valence-electron chi connectivity index (χ1n) is 3.72. The molecular formula is C7H16GeO. The summed E-state index contributed by atoms with van der Waals surface area (Å²) < 4.78 is 5.60. The Kier molecular flexibility index (Phi) is 2.22. The van der Waals surface area contributed by atoms with Gasteiger partial charge in [0.25, 0.3) is 0 Å². The second-order valence-corrected chi connectivity index (χ2v) is 15.1. The van der Waals surface area contributed by atoms with Gasteiger partial charge in [0.15, 0.2) is 0 Å². The van der Waals surface area contributed by atoms with Crippen LogP contribution in [0.2, 0.25) is 17.3 Å². The molecule has 0 spiro atoms. The van der Waals surface area contributed by atoms with Crippen molar-refractivity contribution in [2.24, 2.45) is 0 Å². The molecule has 0 saturated carbocycles. The summed E-state index contributed by atoms with van der Waals surface area (Å²) in [5.41, 5.74) is 0. The van der Waals surface area contributed by atoms with E-state index in [1.165, 1.54) is 12.8 Å². The van der Waals surface area contributed by atoms with E-state index in [1.54, 1.807) is 0 Å². The number of hydrogen-bond acceptors (Lipinski definition) is 1. The molecule has 1 rings (SSSR count). The standard InChI is InChI=1S/C7H16GeO/c1-8(2,3)7-5-4-6-9-7/h7H,4-6H2,1-3H3. The zero-order chi connectivity index (χ0) is 6.91. The Morgan fingerprint density at radius 3 is 2.22 bits per heavy atom. The summed E-state index contributed by atoms with van der Waals surface area (Å²) in [6, 6.07) is 0. The minimum atomic E-state index is -1.40. The third-order valence-corrected chi connectivity index (χ3v) is 6.90. The predicted molar refractivity (Wildman–Crippen MR) is 42.3 cm³/mol. The van der Waals surface area contributed by atoms with E-state index < -0.39 is 13.3 Å². The van der Waals surface area contributed by atoms with Gasteiger partial charge in [-0.15, -0.1) is 0 Å². The van der Waals surface area contributed by atoms with Gasteiger partial charge in [-0.25, -0.2) is 0 Å². The summed E-state index contributed by atoms with van der Waals surface area (Å²) in [6.07, 6.45) is 2.64. The van der Waals surface area contributed by atoms with Gasteiger partial charge in [-0.1, -0.05) is 0 Å². The van der Waals surface area contributed by atoms with Gasteiger partial charge in [-0.05, 0) is 0 Å². The summed E-state index contributed by atoms with van der Waals surface area (Å²) in [6.45, 7) is 1.02. The van der Waals surface area contributed by atoms with Gasteiger partial charge >= 0.3 is 59.7 Å². The third-order valence-electron chi connectivity index (χ3n) is 1.90. The molecule has 1 aliphatic rings. The fourth-order valence-electron chi connectivity index (χ4n) is 1.26. The Morgan fingerprint density at radius 2 is 2.00 bits per heavy atom. The average Bonchev–Trinajstić information content (AvgIpc) is 2.08. The molecular weight excluding hydrogens is 173 g/mol. The van der Waals surface area contributed by atoms with E-state index >= 15 is 0 Å². The third kappa shape index (κ3) is 1.97. The second-order valence-electron chi connectivity index (χ2n) is 3.87. The first-order chi connectivity index (χ1) is 4.11. The van der Waals surface area contributed by atoms with E-state index in [0.717, 1.165) is 6.61 Å². The monoisotopic (exact) mass is 190 g/mol. The number of hydrogen-bond donors (Lipinski definition) is 0. The molecule has 1 fully saturated rings. The Hall–Kier alpha value is 0.503. The van der Waals surface area contributed by atoms with Crippen LogP contribution >= 0.6 is 0 Å². The SMILES string of the molecule is [CH3][Ge]([CH3])([CH3])[CH]1CCCO1. The Labute approximate surface area is 60.1 Å². The summed E-state index contributed by atoms with van der Waals surface area (Å²) >= 11 is -1.40. The van der Waals surface area contributed by atoms with Crippen LogP contribution in [0.3, 0.4) is 0 Å². The van der Waals surface area contributed by atoms with E-state index in [4.69, 9.17) is 4.74 Å². The van der Waals surface area contributed by atoms with E-state index in [0.29, 0.717) is 4.94 Å². The maximum atomic E-state index is 5.60. The molecule has 0 aliphatic carbocycles. The van der Waals surface area contributed by atoms with Crippen molar-refractivity contribution in [3.05, 3.63) is 0 Å².